The number of carbonyl (C=O) groups excluding carboxylic acids is 2. The number of aromatic nitrogens is 2. The lowest BCUT2D eigenvalue weighted by molar-refractivity contribution is -0.153. The molecule has 2 heterocycles. The maximum Gasteiger partial charge on any atom is 0.309 e. The third-order valence-electron chi connectivity index (χ3n) is 4.89. The summed E-state index contributed by atoms with van der Waals surface area (Å²) in [7, 11) is 0. The lowest BCUT2D eigenvalue weighted by Gasteiger charge is -2.30. The first-order valence-electron chi connectivity index (χ1n) is 9.04. The Bertz CT molecular complexity index is 777. The fourth-order valence-corrected chi connectivity index (χ4v) is 3.18. The first kappa shape index (κ1) is 16.8. The standard InChI is InChI=1S/C19H21N3O4/c23-18(14-6-7-14)22-10-8-15(9-11-22)19(24)25-12-16-20-21-17(26-16)13-4-2-1-3-5-13/h1-5,14-15H,6-12H2. The summed E-state index contributed by atoms with van der Waals surface area (Å²) in [4.78, 5) is 26.2. The number of esters is 1. The van der Waals surface area contributed by atoms with Crippen LogP contribution >= 0.6 is 0 Å². The molecule has 2 aliphatic rings. The monoisotopic (exact) mass is 355 g/mol. The minimum Gasteiger partial charge on any atom is -0.455 e. The van der Waals surface area contributed by atoms with Crippen LogP contribution in [0, 0.1) is 11.8 Å². The van der Waals surface area contributed by atoms with Crippen molar-refractivity contribution >= 4 is 11.9 Å². The van der Waals surface area contributed by atoms with Crippen LogP contribution in [0.5, 0.6) is 0 Å². The molecule has 0 atom stereocenters. The highest BCUT2D eigenvalue weighted by atomic mass is 16.5. The molecule has 0 spiro atoms. The van der Waals surface area contributed by atoms with E-state index in [2.05, 4.69) is 10.2 Å². The molecule has 1 saturated carbocycles. The van der Waals surface area contributed by atoms with E-state index in [0.717, 1.165) is 18.4 Å². The van der Waals surface area contributed by atoms with Gasteiger partial charge in [0.2, 0.25) is 11.8 Å². The van der Waals surface area contributed by atoms with Crippen molar-refractivity contribution in [2.24, 2.45) is 11.8 Å². The molecule has 0 bridgehead atoms. The Hall–Kier alpha value is -2.70. The summed E-state index contributed by atoms with van der Waals surface area (Å²) < 4.78 is 10.9. The lowest BCUT2D eigenvalue weighted by Crippen LogP contribution is -2.41. The van der Waals surface area contributed by atoms with Crippen molar-refractivity contribution in [3.05, 3.63) is 36.2 Å². The van der Waals surface area contributed by atoms with E-state index in [-0.39, 0.29) is 36.2 Å². The average molecular weight is 355 g/mol. The van der Waals surface area contributed by atoms with Crippen molar-refractivity contribution in [3.63, 3.8) is 0 Å². The van der Waals surface area contributed by atoms with Gasteiger partial charge in [-0.15, -0.1) is 10.2 Å². The molecule has 1 saturated heterocycles. The van der Waals surface area contributed by atoms with Crippen LogP contribution in [0.1, 0.15) is 31.6 Å². The van der Waals surface area contributed by atoms with Crippen molar-refractivity contribution in [1.29, 1.82) is 0 Å². The van der Waals surface area contributed by atoms with Crippen LogP contribution < -0.4 is 0 Å². The highest BCUT2D eigenvalue weighted by Gasteiger charge is 2.36. The number of hydrogen-bond donors (Lipinski definition) is 0. The number of likely N-dealkylation sites (tertiary alicyclic amines) is 1. The van der Waals surface area contributed by atoms with Crippen molar-refractivity contribution in [3.8, 4) is 11.5 Å². The molecule has 4 rings (SSSR count). The second-order valence-electron chi connectivity index (χ2n) is 6.85. The minimum atomic E-state index is -0.261. The summed E-state index contributed by atoms with van der Waals surface area (Å²) in [5.74, 6) is 0.728. The van der Waals surface area contributed by atoms with Gasteiger partial charge in [0, 0.05) is 24.6 Å². The summed E-state index contributed by atoms with van der Waals surface area (Å²) in [5.41, 5.74) is 0.824. The van der Waals surface area contributed by atoms with Crippen molar-refractivity contribution in [2.45, 2.75) is 32.3 Å². The number of carbonyl (C=O) groups is 2. The molecule has 0 radical (unpaired) electrons. The van der Waals surface area contributed by atoms with E-state index in [9.17, 15) is 9.59 Å². The highest BCUT2D eigenvalue weighted by Crippen LogP contribution is 2.32. The van der Waals surface area contributed by atoms with E-state index in [0.29, 0.717) is 31.8 Å². The van der Waals surface area contributed by atoms with Crippen LogP contribution in [-0.4, -0.2) is 40.1 Å². The second kappa shape index (κ2) is 7.27. The van der Waals surface area contributed by atoms with E-state index in [4.69, 9.17) is 9.15 Å². The summed E-state index contributed by atoms with van der Waals surface area (Å²) in [6.45, 7) is 1.24. The molecule has 1 aromatic heterocycles. The third-order valence-corrected chi connectivity index (χ3v) is 4.89. The number of ether oxygens (including phenoxy) is 1. The largest absolute Gasteiger partial charge is 0.455 e. The van der Waals surface area contributed by atoms with Gasteiger partial charge in [-0.2, -0.15) is 0 Å². The number of rotatable bonds is 5. The van der Waals surface area contributed by atoms with Crippen molar-refractivity contribution in [2.75, 3.05) is 13.1 Å². The zero-order valence-corrected chi connectivity index (χ0v) is 14.5. The Balaban J connectivity index is 1.25. The van der Waals surface area contributed by atoms with Crippen LogP contribution in [0.15, 0.2) is 34.7 Å². The molecular formula is C19H21N3O4. The van der Waals surface area contributed by atoms with Crippen LogP contribution in [0.2, 0.25) is 0 Å². The Morgan fingerprint density at radius 2 is 1.77 bits per heavy atom. The summed E-state index contributed by atoms with van der Waals surface area (Å²) >= 11 is 0. The second-order valence-corrected chi connectivity index (χ2v) is 6.85. The number of hydrogen-bond acceptors (Lipinski definition) is 6. The molecular weight excluding hydrogens is 334 g/mol. The van der Waals surface area contributed by atoms with Gasteiger partial charge in [-0.05, 0) is 37.8 Å². The number of piperidine rings is 1. The maximum absolute atomic E-state index is 12.3. The average Bonchev–Trinajstić information content (AvgIpc) is 3.44. The fourth-order valence-electron chi connectivity index (χ4n) is 3.18. The molecule has 7 nitrogen and oxygen atoms in total. The van der Waals surface area contributed by atoms with Gasteiger partial charge in [0.1, 0.15) is 0 Å². The molecule has 0 N–H and O–H groups in total. The fraction of sp³-hybridized carbons (Fsp3) is 0.474. The van der Waals surface area contributed by atoms with Crippen LogP contribution in [-0.2, 0) is 20.9 Å². The Labute approximate surface area is 151 Å². The predicted molar refractivity (Wildman–Crippen MR) is 91.6 cm³/mol. The van der Waals surface area contributed by atoms with E-state index in [1.54, 1.807) is 0 Å². The highest BCUT2D eigenvalue weighted by molar-refractivity contribution is 5.81. The Morgan fingerprint density at radius 3 is 2.46 bits per heavy atom. The van der Waals surface area contributed by atoms with Crippen LogP contribution in [0.4, 0.5) is 0 Å². The van der Waals surface area contributed by atoms with Gasteiger partial charge >= 0.3 is 5.97 Å². The molecule has 2 aromatic rings. The SMILES string of the molecule is O=C(OCc1nnc(-c2ccccc2)o1)C1CCN(C(=O)C2CC2)CC1. The molecule has 1 aliphatic carbocycles. The van der Waals surface area contributed by atoms with E-state index >= 15 is 0 Å². The predicted octanol–water partition coefficient (Wildman–Crippen LogP) is 2.43. The summed E-state index contributed by atoms with van der Waals surface area (Å²) in [6, 6.07) is 9.44. The minimum absolute atomic E-state index is 0.0279. The van der Waals surface area contributed by atoms with Gasteiger partial charge in [0.25, 0.3) is 5.89 Å². The third kappa shape index (κ3) is 3.76. The number of amides is 1. The van der Waals surface area contributed by atoms with Crippen LogP contribution in [0.3, 0.4) is 0 Å². The van der Waals surface area contributed by atoms with E-state index < -0.39 is 0 Å². The first-order valence-corrected chi connectivity index (χ1v) is 9.04. The Morgan fingerprint density at radius 1 is 1.04 bits per heavy atom. The van der Waals surface area contributed by atoms with E-state index in [1.165, 1.54) is 0 Å². The quantitative estimate of drug-likeness (QED) is 0.766. The van der Waals surface area contributed by atoms with Gasteiger partial charge in [0.05, 0.1) is 5.92 Å². The maximum atomic E-state index is 12.3. The summed E-state index contributed by atoms with van der Waals surface area (Å²) in [6.07, 6.45) is 3.32. The van der Waals surface area contributed by atoms with E-state index in [1.807, 2.05) is 35.2 Å². The molecule has 26 heavy (non-hydrogen) atoms. The molecule has 1 aliphatic heterocycles. The first-order chi connectivity index (χ1) is 12.7. The molecule has 136 valence electrons. The van der Waals surface area contributed by atoms with Gasteiger partial charge < -0.3 is 14.1 Å². The summed E-state index contributed by atoms with van der Waals surface area (Å²) in [5, 5.41) is 7.90. The molecule has 2 fully saturated rings. The molecule has 0 unspecified atom stereocenters. The van der Waals surface area contributed by atoms with Crippen molar-refractivity contribution < 1.29 is 18.7 Å². The molecule has 1 amide bonds. The van der Waals surface area contributed by atoms with Gasteiger partial charge in [-0.3, -0.25) is 9.59 Å². The number of benzene rings is 1. The lowest BCUT2D eigenvalue weighted by atomic mass is 9.97. The Kier molecular flexibility index (Phi) is 4.69. The molecule has 1 aromatic carbocycles. The smallest absolute Gasteiger partial charge is 0.309 e. The zero-order valence-electron chi connectivity index (χ0n) is 14.5. The van der Waals surface area contributed by atoms with Crippen LogP contribution in [0.25, 0.3) is 11.5 Å². The van der Waals surface area contributed by atoms with Gasteiger partial charge in [-0.25, -0.2) is 0 Å². The van der Waals surface area contributed by atoms with Gasteiger partial charge in [0.15, 0.2) is 6.61 Å². The zero-order chi connectivity index (χ0) is 17.9. The molecule has 7 heteroatoms. The number of nitrogens with zero attached hydrogens (tertiary/aromatic N) is 3. The van der Waals surface area contributed by atoms with Gasteiger partial charge in [-0.1, -0.05) is 18.2 Å². The van der Waals surface area contributed by atoms with Crippen molar-refractivity contribution in [1.82, 2.24) is 15.1 Å². The topological polar surface area (TPSA) is 85.5 Å². The normalized spacial score (nSPS) is 17.9.